The molecule has 0 atom stereocenters. The number of anilines is 2. The maximum absolute atomic E-state index is 12.2. The van der Waals surface area contributed by atoms with Crippen LogP contribution in [0.1, 0.15) is 24.0 Å². The molecular weight excluding hydrogens is 440 g/mol. The lowest BCUT2D eigenvalue weighted by Gasteiger charge is -2.19. The minimum atomic E-state index is -0.896. The van der Waals surface area contributed by atoms with Crippen LogP contribution in [-0.4, -0.2) is 44.7 Å². The van der Waals surface area contributed by atoms with Crippen molar-refractivity contribution in [3.05, 3.63) is 66.0 Å². The molecule has 2 N–H and O–H groups in total. The van der Waals surface area contributed by atoms with Crippen molar-refractivity contribution in [2.75, 3.05) is 18.1 Å². The number of rotatable bonds is 9. The van der Waals surface area contributed by atoms with Crippen LogP contribution in [0.2, 0.25) is 0 Å². The summed E-state index contributed by atoms with van der Waals surface area (Å²) in [6.07, 6.45) is 6.56. The lowest BCUT2D eigenvalue weighted by atomic mass is 10.1. The third kappa shape index (κ3) is 6.01. The minimum Gasteiger partial charge on any atom is -0.481 e. The summed E-state index contributed by atoms with van der Waals surface area (Å²) in [6, 6.07) is 12.9. The number of thioether (sulfide) groups is 1. The van der Waals surface area contributed by atoms with Crippen molar-refractivity contribution in [2.45, 2.75) is 30.8 Å². The summed E-state index contributed by atoms with van der Waals surface area (Å²) in [4.78, 5) is 33.5. The number of carbonyl (C=O) groups excluding carboxylic acids is 1. The molecule has 0 saturated carbocycles. The standard InChI is InChI=1S/C24H24N4O4S/c1-33-22-9-6-19(14-26-22)32-20-7-5-18(12-17(20)15-28-10-2-3-23(28)29)27-21-8-4-16(13-25-21)11-24(30)31/h4-9,12-14H,2-3,10-11,15H2,1H3,(H,25,27)(H,30,31). The van der Waals surface area contributed by atoms with E-state index in [1.54, 1.807) is 36.3 Å². The zero-order chi connectivity index (χ0) is 23.2. The first-order chi connectivity index (χ1) is 16.0. The van der Waals surface area contributed by atoms with Crippen molar-refractivity contribution >= 4 is 35.1 Å². The first-order valence-electron chi connectivity index (χ1n) is 10.5. The molecule has 1 fully saturated rings. The molecule has 1 aliphatic heterocycles. The summed E-state index contributed by atoms with van der Waals surface area (Å²) in [6.45, 7) is 1.18. The highest BCUT2D eigenvalue weighted by molar-refractivity contribution is 7.98. The highest BCUT2D eigenvalue weighted by Gasteiger charge is 2.22. The largest absolute Gasteiger partial charge is 0.481 e. The molecule has 3 heterocycles. The Hall–Kier alpha value is -3.59. The number of hydrogen-bond acceptors (Lipinski definition) is 7. The van der Waals surface area contributed by atoms with Gasteiger partial charge < -0.3 is 20.1 Å². The Bertz CT molecular complexity index is 1140. The Kier molecular flexibility index (Phi) is 7.09. The van der Waals surface area contributed by atoms with Gasteiger partial charge in [0.15, 0.2) is 0 Å². The molecule has 0 spiro atoms. The average Bonchev–Trinajstić information content (AvgIpc) is 3.21. The summed E-state index contributed by atoms with van der Waals surface area (Å²) < 4.78 is 6.10. The number of ether oxygens (including phenoxy) is 1. The van der Waals surface area contributed by atoms with E-state index in [9.17, 15) is 9.59 Å². The molecule has 1 aromatic carbocycles. The number of aliphatic carboxylic acids is 1. The van der Waals surface area contributed by atoms with Gasteiger partial charge in [0.25, 0.3) is 0 Å². The third-order valence-corrected chi connectivity index (χ3v) is 5.85. The van der Waals surface area contributed by atoms with Crippen LogP contribution < -0.4 is 10.1 Å². The molecule has 2 aromatic heterocycles. The fraction of sp³-hybridized carbons (Fsp3) is 0.250. The first-order valence-corrected chi connectivity index (χ1v) is 11.7. The third-order valence-electron chi connectivity index (χ3n) is 5.19. The van der Waals surface area contributed by atoms with Crippen molar-refractivity contribution in [2.24, 2.45) is 0 Å². The van der Waals surface area contributed by atoms with E-state index >= 15 is 0 Å². The number of nitrogens with one attached hydrogen (secondary N) is 1. The number of likely N-dealkylation sites (tertiary alicyclic amines) is 1. The monoisotopic (exact) mass is 464 g/mol. The molecule has 0 bridgehead atoms. The van der Waals surface area contributed by atoms with Crippen molar-refractivity contribution < 1.29 is 19.4 Å². The number of benzene rings is 1. The van der Waals surface area contributed by atoms with Gasteiger partial charge in [0.2, 0.25) is 5.91 Å². The van der Waals surface area contributed by atoms with Gasteiger partial charge in [0.05, 0.1) is 17.6 Å². The Morgan fingerprint density at radius 3 is 2.70 bits per heavy atom. The smallest absolute Gasteiger partial charge is 0.307 e. The number of carboxylic acids is 1. The quantitative estimate of drug-likeness (QED) is 0.447. The maximum atomic E-state index is 12.2. The summed E-state index contributed by atoms with van der Waals surface area (Å²) in [5.74, 6) is 1.12. The second-order valence-corrected chi connectivity index (χ2v) is 8.45. The second kappa shape index (κ2) is 10.4. The fourth-order valence-electron chi connectivity index (χ4n) is 3.56. The van der Waals surface area contributed by atoms with Crippen LogP contribution >= 0.6 is 11.8 Å². The van der Waals surface area contributed by atoms with Gasteiger partial charge in [0, 0.05) is 37.0 Å². The minimum absolute atomic E-state index is 0.0693. The zero-order valence-electron chi connectivity index (χ0n) is 18.2. The Morgan fingerprint density at radius 1 is 1.18 bits per heavy atom. The van der Waals surface area contributed by atoms with Gasteiger partial charge in [0.1, 0.15) is 17.3 Å². The van der Waals surface area contributed by atoms with Crippen LogP contribution in [-0.2, 0) is 22.6 Å². The molecule has 1 amide bonds. The molecule has 3 aromatic rings. The predicted octanol–water partition coefficient (Wildman–Crippen LogP) is 4.48. The van der Waals surface area contributed by atoms with E-state index < -0.39 is 5.97 Å². The predicted molar refractivity (Wildman–Crippen MR) is 126 cm³/mol. The maximum Gasteiger partial charge on any atom is 0.307 e. The van der Waals surface area contributed by atoms with Crippen molar-refractivity contribution in [1.82, 2.24) is 14.9 Å². The van der Waals surface area contributed by atoms with Gasteiger partial charge in [-0.3, -0.25) is 9.59 Å². The Morgan fingerprint density at radius 2 is 2.06 bits per heavy atom. The molecule has 33 heavy (non-hydrogen) atoms. The average molecular weight is 465 g/mol. The van der Waals surface area contributed by atoms with Crippen LogP contribution in [0.3, 0.4) is 0 Å². The van der Waals surface area contributed by atoms with Crippen molar-refractivity contribution in [1.29, 1.82) is 0 Å². The SMILES string of the molecule is CSc1ccc(Oc2ccc(Nc3ccc(CC(=O)O)cn3)cc2CN2CCCC2=O)cn1. The molecule has 4 rings (SSSR count). The molecule has 1 aliphatic rings. The fourth-order valence-corrected chi connectivity index (χ4v) is 3.92. The molecule has 170 valence electrons. The lowest BCUT2D eigenvalue weighted by molar-refractivity contribution is -0.136. The normalized spacial score (nSPS) is 13.2. The lowest BCUT2D eigenvalue weighted by Crippen LogP contribution is -2.24. The van der Waals surface area contributed by atoms with Gasteiger partial charge >= 0.3 is 5.97 Å². The summed E-state index contributed by atoms with van der Waals surface area (Å²) >= 11 is 1.56. The van der Waals surface area contributed by atoms with E-state index in [2.05, 4.69) is 15.3 Å². The zero-order valence-corrected chi connectivity index (χ0v) is 19.0. The van der Waals surface area contributed by atoms with E-state index in [4.69, 9.17) is 9.84 Å². The van der Waals surface area contributed by atoms with Crippen LogP contribution in [0.4, 0.5) is 11.5 Å². The van der Waals surface area contributed by atoms with E-state index in [1.165, 1.54) is 0 Å². The van der Waals surface area contributed by atoms with Crippen LogP contribution in [0.15, 0.2) is 59.9 Å². The van der Waals surface area contributed by atoms with Gasteiger partial charge in [-0.1, -0.05) is 6.07 Å². The number of amides is 1. The highest BCUT2D eigenvalue weighted by atomic mass is 32.2. The van der Waals surface area contributed by atoms with E-state index in [1.807, 2.05) is 41.5 Å². The number of pyridine rings is 2. The molecule has 1 saturated heterocycles. The molecule has 0 radical (unpaired) electrons. The summed E-state index contributed by atoms with van der Waals surface area (Å²) in [7, 11) is 0. The van der Waals surface area contributed by atoms with Crippen LogP contribution in [0.25, 0.3) is 0 Å². The van der Waals surface area contributed by atoms with Gasteiger partial charge in [-0.2, -0.15) is 0 Å². The summed E-state index contributed by atoms with van der Waals surface area (Å²) in [5, 5.41) is 13.1. The Labute approximate surface area is 196 Å². The van der Waals surface area contributed by atoms with Crippen molar-refractivity contribution in [3.63, 3.8) is 0 Å². The van der Waals surface area contributed by atoms with Crippen LogP contribution in [0.5, 0.6) is 11.5 Å². The van der Waals surface area contributed by atoms with Crippen LogP contribution in [0, 0.1) is 0 Å². The van der Waals surface area contributed by atoms with E-state index in [0.717, 1.165) is 29.2 Å². The number of carbonyl (C=O) groups is 2. The molecule has 0 unspecified atom stereocenters. The van der Waals surface area contributed by atoms with Crippen molar-refractivity contribution in [3.8, 4) is 11.5 Å². The number of carboxylic acid groups (broad SMARTS) is 1. The van der Waals surface area contributed by atoms with Gasteiger partial charge in [-0.05, 0) is 54.6 Å². The second-order valence-electron chi connectivity index (χ2n) is 7.63. The topological polar surface area (TPSA) is 105 Å². The molecule has 9 heteroatoms. The molecule has 0 aliphatic carbocycles. The van der Waals surface area contributed by atoms with Gasteiger partial charge in [-0.25, -0.2) is 9.97 Å². The van der Waals surface area contributed by atoms with E-state index in [-0.39, 0.29) is 12.3 Å². The molecule has 8 nitrogen and oxygen atoms in total. The first kappa shape index (κ1) is 22.6. The summed E-state index contributed by atoms with van der Waals surface area (Å²) in [5.41, 5.74) is 2.29. The number of aromatic nitrogens is 2. The number of nitrogens with zero attached hydrogens (tertiary/aromatic N) is 3. The molecular formula is C24H24N4O4S. The number of hydrogen-bond donors (Lipinski definition) is 2. The van der Waals surface area contributed by atoms with Gasteiger partial charge in [-0.15, -0.1) is 11.8 Å². The van der Waals surface area contributed by atoms with E-state index in [0.29, 0.717) is 35.8 Å². The highest BCUT2D eigenvalue weighted by Crippen LogP contribution is 2.31. The Balaban J connectivity index is 1.56.